The van der Waals surface area contributed by atoms with Gasteiger partial charge in [-0.25, -0.2) is 8.42 Å². The van der Waals surface area contributed by atoms with E-state index >= 15 is 0 Å². The molecule has 0 aliphatic rings. The molecule has 0 aliphatic heterocycles. The van der Waals surface area contributed by atoms with Crippen LogP contribution in [0.15, 0.2) is 95.9 Å². The molecule has 0 aromatic heterocycles. The lowest BCUT2D eigenvalue weighted by molar-refractivity contribution is -0.116. The van der Waals surface area contributed by atoms with Crippen LogP contribution in [-0.4, -0.2) is 39.4 Å². The van der Waals surface area contributed by atoms with Gasteiger partial charge >= 0.3 is 0 Å². The number of methoxy groups -OCH3 is 2. The quantitative estimate of drug-likeness (QED) is 0.368. The average molecular weight is 491 g/mol. The molecular formula is C27H26N2O5S. The smallest absolute Gasteiger partial charge is 0.243 e. The van der Waals surface area contributed by atoms with Crippen LogP contribution in [0.5, 0.6) is 11.5 Å². The fourth-order valence-electron chi connectivity index (χ4n) is 3.82. The Kier molecular flexibility index (Phi) is 7.33. The van der Waals surface area contributed by atoms with E-state index in [-0.39, 0.29) is 23.7 Å². The summed E-state index contributed by atoms with van der Waals surface area (Å²) in [6, 6.07) is 26.8. The molecule has 180 valence electrons. The lowest BCUT2D eigenvalue weighted by atomic mass is 10.1. The summed E-state index contributed by atoms with van der Waals surface area (Å²) < 4.78 is 39.0. The topological polar surface area (TPSA) is 84.9 Å². The van der Waals surface area contributed by atoms with Crippen molar-refractivity contribution in [2.75, 3.05) is 26.1 Å². The number of ether oxygens (including phenoxy) is 2. The van der Waals surface area contributed by atoms with Crippen molar-refractivity contribution in [1.82, 2.24) is 4.31 Å². The van der Waals surface area contributed by atoms with Crippen molar-refractivity contribution in [2.45, 2.75) is 11.4 Å². The number of rotatable bonds is 9. The minimum absolute atomic E-state index is 0.00374. The molecule has 0 fully saturated rings. The lowest BCUT2D eigenvalue weighted by Gasteiger charge is -2.23. The number of carbonyl (C=O) groups excluding carboxylic acids is 1. The second-order valence-corrected chi connectivity index (χ2v) is 9.79. The van der Waals surface area contributed by atoms with Crippen molar-refractivity contribution in [3.05, 3.63) is 96.6 Å². The number of hydrogen-bond donors (Lipinski definition) is 1. The maximum absolute atomic E-state index is 13.7. The zero-order chi connectivity index (χ0) is 24.8. The first kappa shape index (κ1) is 24.3. The summed E-state index contributed by atoms with van der Waals surface area (Å²) in [6.07, 6.45) is 0. The van der Waals surface area contributed by atoms with Gasteiger partial charge in [-0.1, -0.05) is 66.7 Å². The Bertz CT molecular complexity index is 1430. The van der Waals surface area contributed by atoms with E-state index in [9.17, 15) is 13.2 Å². The fourth-order valence-corrected chi connectivity index (χ4v) is 5.22. The van der Waals surface area contributed by atoms with E-state index in [1.54, 1.807) is 6.07 Å². The first-order chi connectivity index (χ1) is 16.9. The van der Waals surface area contributed by atoms with Gasteiger partial charge < -0.3 is 14.8 Å². The number of sulfonamides is 1. The van der Waals surface area contributed by atoms with Crippen LogP contribution < -0.4 is 14.8 Å². The van der Waals surface area contributed by atoms with Crippen molar-refractivity contribution >= 4 is 32.4 Å². The van der Waals surface area contributed by atoms with Crippen LogP contribution in [-0.2, 0) is 21.4 Å². The van der Waals surface area contributed by atoms with E-state index in [2.05, 4.69) is 5.32 Å². The molecule has 0 saturated heterocycles. The molecule has 1 amide bonds. The van der Waals surface area contributed by atoms with Gasteiger partial charge in [0.2, 0.25) is 15.9 Å². The first-order valence-electron chi connectivity index (χ1n) is 11.0. The number of nitrogens with one attached hydrogen (secondary N) is 1. The molecule has 0 radical (unpaired) electrons. The Labute approximate surface area is 205 Å². The predicted octanol–water partition coefficient (Wildman–Crippen LogP) is 4.69. The zero-order valence-electron chi connectivity index (χ0n) is 19.5. The third-order valence-corrected chi connectivity index (χ3v) is 7.37. The Balaban J connectivity index is 1.65. The highest BCUT2D eigenvalue weighted by Gasteiger charge is 2.28. The summed E-state index contributed by atoms with van der Waals surface area (Å²) in [4.78, 5) is 13.1. The van der Waals surface area contributed by atoms with E-state index in [1.807, 2.05) is 66.7 Å². The summed E-state index contributed by atoms with van der Waals surface area (Å²) >= 11 is 0. The maximum Gasteiger partial charge on any atom is 0.243 e. The van der Waals surface area contributed by atoms with Crippen LogP contribution in [0.2, 0.25) is 0 Å². The predicted molar refractivity (Wildman–Crippen MR) is 136 cm³/mol. The highest BCUT2D eigenvalue weighted by Crippen LogP contribution is 2.31. The molecule has 35 heavy (non-hydrogen) atoms. The summed E-state index contributed by atoms with van der Waals surface area (Å²) in [5, 5.41) is 4.73. The standard InChI is InChI=1S/C27H26N2O5S/c1-33-25-16-15-22(17-26(25)34-2)35(31,32)29(18-20-9-4-3-5-10-20)19-27(30)28-24-14-8-12-21-11-6-7-13-23(21)24/h3-17H,18-19H2,1-2H3,(H,28,30). The van der Waals surface area contributed by atoms with Crippen LogP contribution in [0.3, 0.4) is 0 Å². The summed E-state index contributed by atoms with van der Waals surface area (Å²) in [6.45, 7) is -0.338. The van der Waals surface area contributed by atoms with Gasteiger partial charge in [0, 0.05) is 23.7 Å². The number of anilines is 1. The fraction of sp³-hybridized carbons (Fsp3) is 0.148. The second kappa shape index (κ2) is 10.6. The lowest BCUT2D eigenvalue weighted by Crippen LogP contribution is -2.37. The molecule has 8 heteroatoms. The van der Waals surface area contributed by atoms with Crippen molar-refractivity contribution in [1.29, 1.82) is 0 Å². The molecule has 0 unspecified atom stereocenters. The molecule has 0 bridgehead atoms. The van der Waals surface area contributed by atoms with Crippen molar-refractivity contribution < 1.29 is 22.7 Å². The minimum Gasteiger partial charge on any atom is -0.493 e. The largest absolute Gasteiger partial charge is 0.493 e. The van der Waals surface area contributed by atoms with E-state index in [1.165, 1.54) is 32.4 Å². The molecule has 0 aliphatic carbocycles. The Hall–Kier alpha value is -3.88. The number of nitrogens with zero attached hydrogens (tertiary/aromatic N) is 1. The van der Waals surface area contributed by atoms with Crippen molar-refractivity contribution in [3.63, 3.8) is 0 Å². The average Bonchev–Trinajstić information content (AvgIpc) is 2.88. The van der Waals surface area contributed by atoms with Gasteiger partial charge in [-0.2, -0.15) is 4.31 Å². The number of hydrogen-bond acceptors (Lipinski definition) is 5. The van der Waals surface area contributed by atoms with Crippen LogP contribution >= 0.6 is 0 Å². The molecule has 0 atom stereocenters. The van der Waals surface area contributed by atoms with Gasteiger partial charge in [-0.3, -0.25) is 4.79 Å². The van der Waals surface area contributed by atoms with E-state index < -0.39 is 15.9 Å². The van der Waals surface area contributed by atoms with Crippen LogP contribution in [0, 0.1) is 0 Å². The molecule has 0 heterocycles. The van der Waals surface area contributed by atoms with Crippen molar-refractivity contribution in [2.24, 2.45) is 0 Å². The number of fused-ring (bicyclic) bond motifs is 1. The first-order valence-corrected chi connectivity index (χ1v) is 12.4. The highest BCUT2D eigenvalue weighted by molar-refractivity contribution is 7.89. The number of carbonyl (C=O) groups is 1. The SMILES string of the molecule is COc1ccc(S(=O)(=O)N(CC(=O)Nc2cccc3ccccc23)Cc2ccccc2)cc1OC. The molecule has 4 rings (SSSR count). The van der Waals surface area contributed by atoms with E-state index in [4.69, 9.17) is 9.47 Å². The van der Waals surface area contributed by atoms with Crippen LogP contribution in [0.25, 0.3) is 10.8 Å². The van der Waals surface area contributed by atoms with E-state index in [0.717, 1.165) is 20.6 Å². The van der Waals surface area contributed by atoms with Gasteiger partial charge in [0.1, 0.15) is 0 Å². The third-order valence-electron chi connectivity index (χ3n) is 5.58. The number of benzene rings is 4. The van der Waals surface area contributed by atoms with Crippen LogP contribution in [0.1, 0.15) is 5.56 Å². The van der Waals surface area contributed by atoms with E-state index in [0.29, 0.717) is 11.4 Å². The molecule has 7 nitrogen and oxygen atoms in total. The molecular weight excluding hydrogens is 464 g/mol. The maximum atomic E-state index is 13.7. The monoisotopic (exact) mass is 490 g/mol. The Morgan fingerprint density at radius 1 is 0.829 bits per heavy atom. The molecule has 0 spiro atoms. The summed E-state index contributed by atoms with van der Waals surface area (Å²) in [5.41, 5.74) is 1.38. The summed E-state index contributed by atoms with van der Waals surface area (Å²) in [5.74, 6) is 0.254. The normalized spacial score (nSPS) is 11.4. The van der Waals surface area contributed by atoms with Gasteiger partial charge in [0.25, 0.3) is 0 Å². The molecule has 4 aromatic carbocycles. The summed E-state index contributed by atoms with van der Waals surface area (Å²) in [7, 11) is -1.13. The minimum atomic E-state index is -4.05. The second-order valence-electron chi connectivity index (χ2n) is 7.85. The third kappa shape index (κ3) is 5.45. The molecule has 0 saturated carbocycles. The molecule has 1 N–H and O–H groups in total. The van der Waals surface area contributed by atoms with Gasteiger partial charge in [0.15, 0.2) is 11.5 Å². The van der Waals surface area contributed by atoms with Crippen LogP contribution in [0.4, 0.5) is 5.69 Å². The Morgan fingerprint density at radius 2 is 1.51 bits per heavy atom. The number of amides is 1. The highest BCUT2D eigenvalue weighted by atomic mass is 32.2. The van der Waals surface area contributed by atoms with Gasteiger partial charge in [-0.15, -0.1) is 0 Å². The van der Waals surface area contributed by atoms with Gasteiger partial charge in [0.05, 0.1) is 25.7 Å². The Morgan fingerprint density at radius 3 is 2.26 bits per heavy atom. The molecule has 4 aromatic rings. The zero-order valence-corrected chi connectivity index (χ0v) is 20.3. The van der Waals surface area contributed by atoms with Gasteiger partial charge in [-0.05, 0) is 29.1 Å². The van der Waals surface area contributed by atoms with Crippen molar-refractivity contribution in [3.8, 4) is 11.5 Å².